The number of benzene rings is 2. The molecule has 0 aromatic heterocycles. The quantitative estimate of drug-likeness (QED) is 0.733. The third kappa shape index (κ3) is 5.44. The Kier molecular flexibility index (Phi) is 6.68. The van der Waals surface area contributed by atoms with E-state index in [0.29, 0.717) is 37.6 Å². The fraction of sp³-hybridized carbons (Fsp3) is 0.286. The molecule has 29 heavy (non-hydrogen) atoms. The molecule has 1 N–H and O–H groups in total. The number of nitrogens with zero attached hydrogens (tertiary/aromatic N) is 2. The molecule has 0 saturated carbocycles. The molecule has 154 valence electrons. The Morgan fingerprint density at radius 1 is 1.07 bits per heavy atom. The Hall–Kier alpha value is -2.68. The Morgan fingerprint density at radius 2 is 1.79 bits per heavy atom. The van der Waals surface area contributed by atoms with E-state index in [1.165, 1.54) is 16.4 Å². The van der Waals surface area contributed by atoms with Gasteiger partial charge in [0.15, 0.2) is 0 Å². The van der Waals surface area contributed by atoms with Crippen LogP contribution in [0.5, 0.6) is 5.75 Å². The molecule has 3 rings (SSSR count). The van der Waals surface area contributed by atoms with Gasteiger partial charge in [0.2, 0.25) is 15.9 Å². The molecule has 0 radical (unpaired) electrons. The van der Waals surface area contributed by atoms with Crippen LogP contribution in [0.3, 0.4) is 0 Å². The topological polar surface area (TPSA) is 78.9 Å². The zero-order valence-corrected chi connectivity index (χ0v) is 17.4. The number of methoxy groups -OCH3 is 1. The number of rotatable bonds is 6. The second-order valence-electron chi connectivity index (χ2n) is 6.83. The van der Waals surface area contributed by atoms with Crippen molar-refractivity contribution in [2.75, 3.05) is 45.7 Å². The second kappa shape index (κ2) is 9.21. The van der Waals surface area contributed by atoms with Gasteiger partial charge in [0.25, 0.3) is 0 Å². The number of nitrogens with one attached hydrogen (secondary N) is 1. The van der Waals surface area contributed by atoms with Crippen LogP contribution < -0.4 is 10.1 Å². The van der Waals surface area contributed by atoms with Crippen LogP contribution in [0.2, 0.25) is 0 Å². The first kappa shape index (κ1) is 21.0. The van der Waals surface area contributed by atoms with E-state index in [4.69, 9.17) is 4.74 Å². The monoisotopic (exact) mass is 415 g/mol. The number of carbonyl (C=O) groups is 1. The number of carbonyl (C=O) groups excluding carboxylic acids is 1. The van der Waals surface area contributed by atoms with Gasteiger partial charge in [-0.05, 0) is 49.0 Å². The molecule has 0 unspecified atom stereocenters. The van der Waals surface area contributed by atoms with Crippen LogP contribution in [0.25, 0.3) is 6.08 Å². The van der Waals surface area contributed by atoms with Crippen LogP contribution in [0.1, 0.15) is 5.56 Å². The van der Waals surface area contributed by atoms with Crippen molar-refractivity contribution < 1.29 is 17.9 Å². The first-order valence-corrected chi connectivity index (χ1v) is 10.7. The van der Waals surface area contributed by atoms with E-state index >= 15 is 0 Å². The maximum absolute atomic E-state index is 12.9. The van der Waals surface area contributed by atoms with Crippen LogP contribution >= 0.6 is 0 Å². The summed E-state index contributed by atoms with van der Waals surface area (Å²) in [6.45, 7) is 2.31. The van der Waals surface area contributed by atoms with Crippen molar-refractivity contribution in [3.05, 3.63) is 60.2 Å². The number of hydrogen-bond acceptors (Lipinski definition) is 5. The molecule has 1 fully saturated rings. The standard InChI is InChI=1S/C21H25N3O4S/c1-23-11-13-24(14-12-23)29(26,27)20-8-4-6-18(16-20)22-21(25)10-9-17-5-3-7-19(15-17)28-2/h3-10,15-16H,11-14H2,1-2H3,(H,22,25). The minimum atomic E-state index is -3.58. The molecule has 2 aromatic rings. The first-order chi connectivity index (χ1) is 13.9. The van der Waals surface area contributed by atoms with Gasteiger partial charge in [-0.25, -0.2) is 8.42 Å². The molecule has 0 atom stereocenters. The average Bonchev–Trinajstić information content (AvgIpc) is 2.73. The summed E-state index contributed by atoms with van der Waals surface area (Å²) >= 11 is 0. The Balaban J connectivity index is 1.69. The summed E-state index contributed by atoms with van der Waals surface area (Å²) in [6, 6.07) is 13.7. The van der Waals surface area contributed by atoms with Crippen LogP contribution in [-0.4, -0.2) is 63.9 Å². The molecular weight excluding hydrogens is 390 g/mol. The molecule has 0 spiro atoms. The molecule has 1 amide bonds. The molecule has 1 aliphatic rings. The van der Waals surface area contributed by atoms with Crippen molar-refractivity contribution in [2.24, 2.45) is 0 Å². The van der Waals surface area contributed by atoms with Gasteiger partial charge >= 0.3 is 0 Å². The maximum atomic E-state index is 12.9. The van der Waals surface area contributed by atoms with E-state index < -0.39 is 10.0 Å². The lowest BCUT2D eigenvalue weighted by Gasteiger charge is -2.31. The Morgan fingerprint density at radius 3 is 2.52 bits per heavy atom. The van der Waals surface area contributed by atoms with Crippen molar-refractivity contribution in [1.29, 1.82) is 0 Å². The van der Waals surface area contributed by atoms with Gasteiger partial charge in [-0.3, -0.25) is 4.79 Å². The maximum Gasteiger partial charge on any atom is 0.248 e. The third-order valence-corrected chi connectivity index (χ3v) is 6.62. The van der Waals surface area contributed by atoms with Gasteiger partial charge in [-0.15, -0.1) is 0 Å². The molecule has 1 aliphatic heterocycles. The zero-order chi connectivity index (χ0) is 20.9. The van der Waals surface area contributed by atoms with Gasteiger partial charge in [0, 0.05) is 37.9 Å². The minimum absolute atomic E-state index is 0.177. The number of amides is 1. The molecule has 7 nitrogen and oxygen atoms in total. The Labute approximate surface area is 171 Å². The molecule has 8 heteroatoms. The minimum Gasteiger partial charge on any atom is -0.497 e. The van der Waals surface area contributed by atoms with E-state index in [2.05, 4.69) is 10.2 Å². The lowest BCUT2D eigenvalue weighted by molar-refractivity contribution is -0.111. The predicted molar refractivity (Wildman–Crippen MR) is 113 cm³/mol. The van der Waals surface area contributed by atoms with Crippen LogP contribution in [0, 0.1) is 0 Å². The largest absolute Gasteiger partial charge is 0.497 e. The van der Waals surface area contributed by atoms with Crippen molar-refractivity contribution in [1.82, 2.24) is 9.21 Å². The summed E-state index contributed by atoms with van der Waals surface area (Å²) in [5.74, 6) is 0.358. The first-order valence-electron chi connectivity index (χ1n) is 9.30. The van der Waals surface area contributed by atoms with E-state index in [-0.39, 0.29) is 10.8 Å². The van der Waals surface area contributed by atoms with Gasteiger partial charge < -0.3 is 15.0 Å². The van der Waals surface area contributed by atoms with Gasteiger partial charge in [-0.2, -0.15) is 4.31 Å². The van der Waals surface area contributed by atoms with Gasteiger partial charge in [0.1, 0.15) is 5.75 Å². The van der Waals surface area contributed by atoms with E-state index in [1.807, 2.05) is 31.3 Å². The molecule has 2 aromatic carbocycles. The summed E-state index contributed by atoms with van der Waals surface area (Å²) in [4.78, 5) is 14.5. The van der Waals surface area contributed by atoms with E-state index in [0.717, 1.165) is 5.56 Å². The normalized spacial score (nSPS) is 16.1. The van der Waals surface area contributed by atoms with Crippen molar-refractivity contribution in [2.45, 2.75) is 4.90 Å². The number of likely N-dealkylation sites (N-methyl/N-ethyl adjacent to an activating group) is 1. The molecule has 0 aliphatic carbocycles. The Bertz CT molecular complexity index is 996. The van der Waals surface area contributed by atoms with Crippen LogP contribution in [0.4, 0.5) is 5.69 Å². The lowest BCUT2D eigenvalue weighted by atomic mass is 10.2. The van der Waals surface area contributed by atoms with E-state index in [9.17, 15) is 13.2 Å². The highest BCUT2D eigenvalue weighted by Crippen LogP contribution is 2.21. The molecule has 0 bridgehead atoms. The number of ether oxygens (including phenoxy) is 1. The number of sulfonamides is 1. The summed E-state index contributed by atoms with van der Waals surface area (Å²) in [7, 11) is -0.0298. The SMILES string of the molecule is COc1cccc(C=CC(=O)Nc2cccc(S(=O)(=O)N3CCN(C)CC3)c2)c1. The molecule has 1 heterocycles. The van der Waals surface area contributed by atoms with Gasteiger partial charge in [-0.1, -0.05) is 18.2 Å². The highest BCUT2D eigenvalue weighted by Gasteiger charge is 2.27. The van der Waals surface area contributed by atoms with Crippen molar-refractivity contribution >= 4 is 27.7 Å². The smallest absolute Gasteiger partial charge is 0.248 e. The summed E-state index contributed by atoms with van der Waals surface area (Å²) in [5, 5.41) is 2.72. The highest BCUT2D eigenvalue weighted by atomic mass is 32.2. The fourth-order valence-electron chi connectivity index (χ4n) is 3.01. The number of anilines is 1. The lowest BCUT2D eigenvalue weighted by Crippen LogP contribution is -2.47. The number of piperazine rings is 1. The van der Waals surface area contributed by atoms with Gasteiger partial charge in [0.05, 0.1) is 12.0 Å². The fourth-order valence-corrected chi connectivity index (χ4v) is 4.48. The van der Waals surface area contributed by atoms with E-state index in [1.54, 1.807) is 31.4 Å². The molecular formula is C21H25N3O4S. The number of hydrogen-bond donors (Lipinski definition) is 1. The molecule has 1 saturated heterocycles. The summed E-state index contributed by atoms with van der Waals surface area (Å²) in [6.07, 6.45) is 3.07. The van der Waals surface area contributed by atoms with Crippen LogP contribution in [0.15, 0.2) is 59.5 Å². The zero-order valence-electron chi connectivity index (χ0n) is 16.5. The predicted octanol–water partition coefficient (Wildman–Crippen LogP) is 2.28. The second-order valence-corrected chi connectivity index (χ2v) is 8.77. The average molecular weight is 416 g/mol. The third-order valence-electron chi connectivity index (χ3n) is 4.72. The highest BCUT2D eigenvalue weighted by molar-refractivity contribution is 7.89. The summed E-state index contributed by atoms with van der Waals surface area (Å²) < 4.78 is 32.4. The van der Waals surface area contributed by atoms with Crippen molar-refractivity contribution in [3.63, 3.8) is 0 Å². The van der Waals surface area contributed by atoms with Crippen LogP contribution in [-0.2, 0) is 14.8 Å². The van der Waals surface area contributed by atoms with Crippen molar-refractivity contribution in [3.8, 4) is 5.75 Å². The summed E-state index contributed by atoms with van der Waals surface area (Å²) in [5.41, 5.74) is 1.26.